The molecule has 104 valence electrons. The van der Waals surface area contributed by atoms with Crippen LogP contribution in [0.5, 0.6) is 0 Å². The summed E-state index contributed by atoms with van der Waals surface area (Å²) in [6.45, 7) is 9.36. The molecule has 1 atom stereocenters. The number of nitrogens with one attached hydrogen (secondary N) is 1. The minimum absolute atomic E-state index is 0.643. The molecule has 1 aliphatic heterocycles. The summed E-state index contributed by atoms with van der Waals surface area (Å²) in [4.78, 5) is 2.70. The second-order valence-electron chi connectivity index (χ2n) is 6.37. The Balaban J connectivity index is 1.76. The van der Waals surface area contributed by atoms with Gasteiger partial charge in [-0.2, -0.15) is 0 Å². The Bertz CT molecular complexity index is 433. The molecule has 0 bridgehead atoms. The highest BCUT2D eigenvalue weighted by Gasteiger charge is 2.25. The van der Waals surface area contributed by atoms with E-state index in [1.54, 1.807) is 11.1 Å². The maximum absolute atomic E-state index is 3.46. The summed E-state index contributed by atoms with van der Waals surface area (Å²) in [5, 5.41) is 3.46. The van der Waals surface area contributed by atoms with Crippen LogP contribution in [-0.2, 0) is 12.8 Å². The predicted octanol–water partition coefficient (Wildman–Crippen LogP) is 2.57. The molecule has 0 radical (unpaired) electrons. The normalized spacial score (nSPS) is 24.5. The maximum atomic E-state index is 3.46. The van der Waals surface area contributed by atoms with Crippen LogP contribution in [0.25, 0.3) is 0 Å². The highest BCUT2D eigenvalue weighted by molar-refractivity contribution is 5.36. The number of hydrogen-bond acceptors (Lipinski definition) is 2. The van der Waals surface area contributed by atoms with Crippen molar-refractivity contribution in [3.05, 3.63) is 34.9 Å². The average molecular weight is 258 g/mol. The van der Waals surface area contributed by atoms with E-state index in [2.05, 4.69) is 42.3 Å². The largest absolute Gasteiger partial charge is 0.314 e. The van der Waals surface area contributed by atoms with Gasteiger partial charge in [0.15, 0.2) is 0 Å². The van der Waals surface area contributed by atoms with Crippen LogP contribution in [0.15, 0.2) is 18.2 Å². The molecule has 2 aliphatic rings. The smallest absolute Gasteiger partial charge is 0.0140 e. The lowest BCUT2D eigenvalue weighted by atomic mass is 9.85. The van der Waals surface area contributed by atoms with Crippen LogP contribution >= 0.6 is 0 Å². The van der Waals surface area contributed by atoms with Gasteiger partial charge in [-0.3, -0.25) is 4.90 Å². The summed E-state index contributed by atoms with van der Waals surface area (Å²) in [5.74, 6) is 0.643. The fourth-order valence-corrected chi connectivity index (χ4v) is 3.48. The zero-order valence-corrected chi connectivity index (χ0v) is 12.3. The number of nitrogens with zero attached hydrogens (tertiary/aromatic N) is 1. The first kappa shape index (κ1) is 13.1. The van der Waals surface area contributed by atoms with E-state index in [4.69, 9.17) is 0 Å². The molecule has 19 heavy (non-hydrogen) atoms. The van der Waals surface area contributed by atoms with E-state index in [0.29, 0.717) is 5.92 Å². The summed E-state index contributed by atoms with van der Waals surface area (Å²) < 4.78 is 0. The Hall–Kier alpha value is -0.860. The van der Waals surface area contributed by atoms with E-state index in [-0.39, 0.29) is 0 Å². The van der Waals surface area contributed by atoms with Gasteiger partial charge in [0, 0.05) is 32.2 Å². The summed E-state index contributed by atoms with van der Waals surface area (Å²) in [6.07, 6.45) is 3.87. The number of benzene rings is 1. The van der Waals surface area contributed by atoms with Crippen molar-refractivity contribution < 1.29 is 0 Å². The van der Waals surface area contributed by atoms with Gasteiger partial charge in [-0.05, 0) is 41.9 Å². The van der Waals surface area contributed by atoms with Crippen LogP contribution in [0, 0.1) is 0 Å². The van der Waals surface area contributed by atoms with Crippen molar-refractivity contribution in [2.45, 2.75) is 45.1 Å². The van der Waals surface area contributed by atoms with E-state index >= 15 is 0 Å². The Morgan fingerprint density at radius 1 is 1.16 bits per heavy atom. The SMILES string of the molecule is CC(C)c1ccc2c(c1)CC(N1CCNCC1)CC2. The Morgan fingerprint density at radius 3 is 2.68 bits per heavy atom. The standard InChI is InChI=1S/C17H26N2/c1-13(2)15-4-3-14-5-6-17(12-16(14)11-15)19-9-7-18-8-10-19/h3-4,11,13,17-18H,5-10,12H2,1-2H3. The average Bonchev–Trinajstić information content (AvgIpc) is 2.47. The molecule has 1 aromatic rings. The van der Waals surface area contributed by atoms with Crippen LogP contribution in [0.3, 0.4) is 0 Å². The molecule has 0 amide bonds. The molecular weight excluding hydrogens is 232 g/mol. The van der Waals surface area contributed by atoms with Gasteiger partial charge in [0.1, 0.15) is 0 Å². The fourth-order valence-electron chi connectivity index (χ4n) is 3.48. The molecule has 2 nitrogen and oxygen atoms in total. The van der Waals surface area contributed by atoms with Crippen molar-refractivity contribution in [3.8, 4) is 0 Å². The van der Waals surface area contributed by atoms with Crippen LogP contribution in [-0.4, -0.2) is 37.1 Å². The van der Waals surface area contributed by atoms with Crippen molar-refractivity contribution >= 4 is 0 Å². The molecule has 1 heterocycles. The first-order chi connectivity index (χ1) is 9.24. The molecule has 1 fully saturated rings. The molecule has 2 heteroatoms. The van der Waals surface area contributed by atoms with Gasteiger partial charge in [0.25, 0.3) is 0 Å². The minimum atomic E-state index is 0.643. The van der Waals surface area contributed by atoms with Gasteiger partial charge in [-0.25, -0.2) is 0 Å². The van der Waals surface area contributed by atoms with Crippen molar-refractivity contribution in [1.29, 1.82) is 0 Å². The number of rotatable bonds is 2. The third-order valence-electron chi connectivity index (χ3n) is 4.77. The molecule has 1 aliphatic carbocycles. The minimum Gasteiger partial charge on any atom is -0.314 e. The van der Waals surface area contributed by atoms with Crippen LogP contribution in [0.2, 0.25) is 0 Å². The zero-order chi connectivity index (χ0) is 13.2. The predicted molar refractivity (Wildman–Crippen MR) is 80.8 cm³/mol. The van der Waals surface area contributed by atoms with Gasteiger partial charge < -0.3 is 5.32 Å². The second kappa shape index (κ2) is 5.64. The summed E-state index contributed by atoms with van der Waals surface area (Å²) in [5.41, 5.74) is 4.71. The molecule has 1 N–H and O–H groups in total. The molecule has 0 saturated carbocycles. The highest BCUT2D eigenvalue weighted by atomic mass is 15.2. The lowest BCUT2D eigenvalue weighted by Gasteiger charge is -2.38. The molecule has 1 unspecified atom stereocenters. The van der Waals surface area contributed by atoms with E-state index < -0.39 is 0 Å². The molecular formula is C17H26N2. The van der Waals surface area contributed by atoms with Gasteiger partial charge in [-0.15, -0.1) is 0 Å². The number of fused-ring (bicyclic) bond motifs is 1. The fraction of sp³-hybridized carbons (Fsp3) is 0.647. The Labute approximate surface area is 117 Å². The number of hydrogen-bond donors (Lipinski definition) is 1. The van der Waals surface area contributed by atoms with Crippen LogP contribution < -0.4 is 5.32 Å². The van der Waals surface area contributed by atoms with Crippen molar-refractivity contribution in [2.75, 3.05) is 26.2 Å². The van der Waals surface area contributed by atoms with E-state index in [9.17, 15) is 0 Å². The molecule has 1 aromatic carbocycles. The lowest BCUT2D eigenvalue weighted by molar-refractivity contribution is 0.159. The van der Waals surface area contributed by atoms with Gasteiger partial charge >= 0.3 is 0 Å². The van der Waals surface area contributed by atoms with Gasteiger partial charge in [0.05, 0.1) is 0 Å². The third kappa shape index (κ3) is 2.85. The topological polar surface area (TPSA) is 15.3 Å². The Kier molecular flexibility index (Phi) is 3.90. The maximum Gasteiger partial charge on any atom is 0.0140 e. The lowest BCUT2D eigenvalue weighted by Crippen LogP contribution is -2.50. The molecule has 0 spiro atoms. The van der Waals surface area contributed by atoms with Crippen molar-refractivity contribution in [3.63, 3.8) is 0 Å². The number of aryl methyl sites for hydroxylation is 1. The van der Waals surface area contributed by atoms with Gasteiger partial charge in [0.2, 0.25) is 0 Å². The quantitative estimate of drug-likeness (QED) is 0.877. The first-order valence-electron chi connectivity index (χ1n) is 7.80. The van der Waals surface area contributed by atoms with Crippen molar-refractivity contribution in [1.82, 2.24) is 10.2 Å². The Morgan fingerprint density at radius 2 is 1.95 bits per heavy atom. The zero-order valence-electron chi connectivity index (χ0n) is 12.3. The van der Waals surface area contributed by atoms with Gasteiger partial charge in [-0.1, -0.05) is 32.0 Å². The summed E-state index contributed by atoms with van der Waals surface area (Å²) in [6, 6.07) is 7.94. The van der Waals surface area contributed by atoms with E-state index in [1.807, 2.05) is 0 Å². The number of piperazine rings is 1. The van der Waals surface area contributed by atoms with Crippen molar-refractivity contribution in [2.24, 2.45) is 0 Å². The monoisotopic (exact) mass is 258 g/mol. The van der Waals surface area contributed by atoms with E-state index in [0.717, 1.165) is 19.1 Å². The molecule has 0 aromatic heterocycles. The summed E-state index contributed by atoms with van der Waals surface area (Å²) in [7, 11) is 0. The van der Waals surface area contributed by atoms with Crippen LogP contribution in [0.4, 0.5) is 0 Å². The molecule has 1 saturated heterocycles. The van der Waals surface area contributed by atoms with Crippen LogP contribution in [0.1, 0.15) is 42.9 Å². The highest BCUT2D eigenvalue weighted by Crippen LogP contribution is 2.27. The second-order valence-corrected chi connectivity index (χ2v) is 6.37. The first-order valence-corrected chi connectivity index (χ1v) is 7.80. The third-order valence-corrected chi connectivity index (χ3v) is 4.77. The summed E-state index contributed by atoms with van der Waals surface area (Å²) >= 11 is 0. The molecule has 3 rings (SSSR count). The van der Waals surface area contributed by atoms with E-state index in [1.165, 1.54) is 37.9 Å².